The molecule has 2 amide bonds. The van der Waals surface area contributed by atoms with Crippen LogP contribution in [0.3, 0.4) is 0 Å². The Labute approximate surface area is 240 Å². The van der Waals surface area contributed by atoms with Crippen LogP contribution in [0.25, 0.3) is 0 Å². The predicted octanol–water partition coefficient (Wildman–Crippen LogP) is 5.32. The van der Waals surface area contributed by atoms with E-state index in [2.05, 4.69) is 15.9 Å². The lowest BCUT2D eigenvalue weighted by atomic mass is 9.59. The number of aryl methyl sites for hydroxylation is 1. The lowest BCUT2D eigenvalue weighted by Gasteiger charge is -2.42. The fourth-order valence-electron chi connectivity index (χ4n) is 6.74. The summed E-state index contributed by atoms with van der Waals surface area (Å²) in [5.74, 6) is -3.48. The number of aromatic hydroxyl groups is 1. The van der Waals surface area contributed by atoms with Gasteiger partial charge in [0.1, 0.15) is 0 Å². The van der Waals surface area contributed by atoms with Crippen molar-refractivity contribution in [2.75, 3.05) is 11.5 Å². The number of anilines is 1. The first-order valence-electron chi connectivity index (χ1n) is 13.6. The zero-order valence-corrected chi connectivity index (χ0v) is 23.7. The minimum atomic E-state index is -0.746. The third kappa shape index (κ3) is 3.91. The highest BCUT2D eigenvalue weighted by atomic mass is 79.9. The molecule has 1 N–H and O–H groups in total. The number of carbonyl (C=O) groups excluding carboxylic acids is 4. The Bertz CT molecular complexity index is 1570. The number of halogens is 1. The summed E-state index contributed by atoms with van der Waals surface area (Å²) in [7, 11) is 0. The molecule has 0 radical (unpaired) electrons. The number of hydrogen-bond acceptors (Lipinski definition) is 6. The van der Waals surface area contributed by atoms with E-state index in [-0.39, 0.29) is 45.8 Å². The fourth-order valence-corrected chi connectivity index (χ4v) is 7.19. The monoisotopic (exact) mass is 601 g/mol. The number of phenols is 1. The van der Waals surface area contributed by atoms with Gasteiger partial charge in [0.2, 0.25) is 11.8 Å². The van der Waals surface area contributed by atoms with Crippen molar-refractivity contribution in [3.63, 3.8) is 0 Å². The summed E-state index contributed by atoms with van der Waals surface area (Å²) in [5, 5.41) is 11.2. The van der Waals surface area contributed by atoms with Crippen LogP contribution in [0.1, 0.15) is 43.7 Å². The zero-order chi connectivity index (χ0) is 28.3. The Balaban J connectivity index is 1.48. The number of nitrogens with zero attached hydrogens (tertiary/aromatic N) is 1. The first-order chi connectivity index (χ1) is 19.3. The summed E-state index contributed by atoms with van der Waals surface area (Å²) in [6.45, 7) is 4.19. The summed E-state index contributed by atoms with van der Waals surface area (Å²) in [4.78, 5) is 55.7. The number of ether oxygens (including phenoxy) is 1. The molecule has 40 heavy (non-hydrogen) atoms. The lowest BCUT2D eigenvalue weighted by molar-refractivity contribution is -0.123. The summed E-state index contributed by atoms with van der Waals surface area (Å²) < 4.78 is 5.78. The number of Topliss-reactive ketones (excluding diaryl/α,β-unsaturated/α-hetero) is 1. The van der Waals surface area contributed by atoms with Crippen LogP contribution < -0.4 is 9.64 Å². The Kier molecular flexibility index (Phi) is 6.61. The van der Waals surface area contributed by atoms with Crippen LogP contribution in [0.15, 0.2) is 75.8 Å². The Morgan fingerprint density at radius 3 is 2.45 bits per heavy atom. The Morgan fingerprint density at radius 1 is 1.00 bits per heavy atom. The van der Waals surface area contributed by atoms with Gasteiger partial charge in [-0.3, -0.25) is 24.1 Å². The molecule has 0 bridgehead atoms. The van der Waals surface area contributed by atoms with E-state index in [1.54, 1.807) is 30.3 Å². The van der Waals surface area contributed by atoms with E-state index in [0.717, 1.165) is 17.6 Å². The number of amides is 2. The number of ketones is 2. The molecule has 4 unspecified atom stereocenters. The van der Waals surface area contributed by atoms with Crippen molar-refractivity contribution in [2.45, 2.75) is 39.0 Å². The molecule has 8 heteroatoms. The number of rotatable bonds is 5. The van der Waals surface area contributed by atoms with Gasteiger partial charge in [0, 0.05) is 28.7 Å². The maximum absolute atomic E-state index is 14.0. The molecule has 4 aliphatic rings. The number of imide groups is 1. The highest BCUT2D eigenvalue weighted by molar-refractivity contribution is 9.12. The van der Waals surface area contributed by atoms with E-state index in [0.29, 0.717) is 35.4 Å². The van der Waals surface area contributed by atoms with Gasteiger partial charge >= 0.3 is 0 Å². The van der Waals surface area contributed by atoms with Crippen LogP contribution in [-0.4, -0.2) is 35.1 Å². The molecule has 1 heterocycles. The average Bonchev–Trinajstić information content (AvgIpc) is 3.21. The predicted molar refractivity (Wildman–Crippen MR) is 152 cm³/mol. The molecule has 2 aromatic rings. The molecule has 204 valence electrons. The second-order valence-electron chi connectivity index (χ2n) is 10.6. The van der Waals surface area contributed by atoms with Crippen LogP contribution in [0.4, 0.5) is 5.69 Å². The van der Waals surface area contributed by atoms with Crippen molar-refractivity contribution in [2.24, 2.45) is 17.8 Å². The molecule has 1 aliphatic heterocycles. The second-order valence-corrected chi connectivity index (χ2v) is 11.4. The Morgan fingerprint density at radius 2 is 1.75 bits per heavy atom. The quantitative estimate of drug-likeness (QED) is 0.283. The van der Waals surface area contributed by atoms with E-state index in [9.17, 15) is 24.3 Å². The van der Waals surface area contributed by atoms with Crippen LogP contribution in [0, 0.1) is 17.8 Å². The number of allylic oxidation sites excluding steroid dienone is 6. The van der Waals surface area contributed by atoms with Gasteiger partial charge in [-0.05, 0) is 71.8 Å². The minimum absolute atomic E-state index is 0.106. The minimum Gasteiger partial charge on any atom is -0.504 e. The normalized spacial score (nSPS) is 25.8. The molecule has 7 nitrogen and oxygen atoms in total. The van der Waals surface area contributed by atoms with Crippen molar-refractivity contribution in [3.8, 4) is 11.5 Å². The first kappa shape index (κ1) is 26.4. The number of para-hydroxylation sites is 1. The van der Waals surface area contributed by atoms with Gasteiger partial charge in [-0.15, -0.1) is 0 Å². The van der Waals surface area contributed by atoms with Crippen LogP contribution in [0.5, 0.6) is 11.5 Å². The smallest absolute Gasteiger partial charge is 0.238 e. The molecular weight excluding hydrogens is 574 g/mol. The molecule has 1 saturated heterocycles. The molecule has 2 aromatic carbocycles. The standard InChI is InChI=1S/C32H28BrNO6/c1-3-16-8-10-17(11-9-16)34-31(38)20-13-12-18-21(27(20)32(34)39)14-22-28(24(35)15-23(33)29(22)36)26(18)19-6-5-7-25(30(19)37)40-4-2/h5-12,15,20-21,26-27,37H,3-4,13-14H2,1-2H3. The van der Waals surface area contributed by atoms with E-state index >= 15 is 0 Å². The number of hydrogen-bond donors (Lipinski definition) is 1. The van der Waals surface area contributed by atoms with E-state index in [4.69, 9.17) is 4.74 Å². The molecule has 0 aromatic heterocycles. The topological polar surface area (TPSA) is 101 Å². The first-order valence-corrected chi connectivity index (χ1v) is 14.4. The molecule has 3 aliphatic carbocycles. The van der Waals surface area contributed by atoms with Gasteiger partial charge in [0.05, 0.1) is 28.6 Å². The van der Waals surface area contributed by atoms with Crippen molar-refractivity contribution < 1.29 is 29.0 Å². The average molecular weight is 602 g/mol. The fraction of sp³-hybridized carbons (Fsp3) is 0.312. The van der Waals surface area contributed by atoms with Gasteiger partial charge in [-0.2, -0.15) is 0 Å². The van der Waals surface area contributed by atoms with Crippen molar-refractivity contribution in [1.82, 2.24) is 0 Å². The van der Waals surface area contributed by atoms with Crippen LogP contribution in [0.2, 0.25) is 0 Å². The SMILES string of the molecule is CCOc1cccc(C2C3=CCC4C(=O)N(c5ccc(CC)cc5)C(=O)C4C3CC3=C2C(=O)C=C(Br)C3=O)c1O. The lowest BCUT2D eigenvalue weighted by Crippen LogP contribution is -2.39. The molecule has 4 atom stereocenters. The van der Waals surface area contributed by atoms with Crippen LogP contribution in [-0.2, 0) is 25.6 Å². The summed E-state index contributed by atoms with van der Waals surface area (Å²) in [5.41, 5.74) is 3.48. The highest BCUT2D eigenvalue weighted by Gasteiger charge is 2.57. The second kappa shape index (κ2) is 10.0. The van der Waals surface area contributed by atoms with E-state index < -0.39 is 23.7 Å². The molecule has 0 saturated carbocycles. The zero-order valence-electron chi connectivity index (χ0n) is 22.1. The third-order valence-electron chi connectivity index (χ3n) is 8.58. The number of phenolic OH excluding ortho intramolecular Hbond substituents is 1. The van der Waals surface area contributed by atoms with E-state index in [1.807, 2.05) is 32.1 Å². The number of benzene rings is 2. The van der Waals surface area contributed by atoms with E-state index in [1.165, 1.54) is 11.0 Å². The summed E-state index contributed by atoms with van der Waals surface area (Å²) >= 11 is 3.24. The summed E-state index contributed by atoms with van der Waals surface area (Å²) in [6, 6.07) is 12.5. The molecule has 1 fully saturated rings. The molecule has 0 spiro atoms. The van der Waals surface area contributed by atoms with Gasteiger partial charge in [-0.25, -0.2) is 0 Å². The highest BCUT2D eigenvalue weighted by Crippen LogP contribution is 2.57. The third-order valence-corrected chi connectivity index (χ3v) is 9.16. The van der Waals surface area contributed by atoms with Gasteiger partial charge in [0.15, 0.2) is 23.1 Å². The van der Waals surface area contributed by atoms with Gasteiger partial charge < -0.3 is 9.84 Å². The maximum Gasteiger partial charge on any atom is 0.238 e. The van der Waals surface area contributed by atoms with Gasteiger partial charge in [0.25, 0.3) is 0 Å². The molecular formula is C32H28BrNO6. The largest absolute Gasteiger partial charge is 0.504 e. The number of fused-ring (bicyclic) bond motifs is 3. The van der Waals surface area contributed by atoms with Crippen LogP contribution >= 0.6 is 15.9 Å². The van der Waals surface area contributed by atoms with Crippen molar-refractivity contribution >= 4 is 45.0 Å². The maximum atomic E-state index is 14.0. The molecule has 6 rings (SSSR count). The van der Waals surface area contributed by atoms with Crippen molar-refractivity contribution in [1.29, 1.82) is 0 Å². The van der Waals surface area contributed by atoms with Crippen molar-refractivity contribution in [3.05, 3.63) is 86.9 Å². The van der Waals surface area contributed by atoms with Gasteiger partial charge in [-0.1, -0.05) is 42.8 Å². The summed E-state index contributed by atoms with van der Waals surface area (Å²) in [6.07, 6.45) is 4.55. The Hall–Kier alpha value is -3.78. The number of carbonyl (C=O) groups is 4.